The van der Waals surface area contributed by atoms with E-state index in [-0.39, 0.29) is 5.91 Å². The van der Waals surface area contributed by atoms with Crippen LogP contribution in [-0.2, 0) is 19.6 Å². The molecule has 2 aromatic heterocycles. The van der Waals surface area contributed by atoms with Gasteiger partial charge in [-0.2, -0.15) is 5.10 Å². The molecule has 158 valence electrons. The SMILES string of the molecule is CN(C)Cc1ccccc1CNC(=O)c1cn(Cc2ccccc2)nc1-c1cccs1. The summed E-state index contributed by atoms with van der Waals surface area (Å²) in [6.45, 7) is 1.94. The lowest BCUT2D eigenvalue weighted by Gasteiger charge is -2.14. The van der Waals surface area contributed by atoms with Crippen LogP contribution in [0.4, 0.5) is 0 Å². The van der Waals surface area contributed by atoms with Crippen molar-refractivity contribution >= 4 is 17.2 Å². The summed E-state index contributed by atoms with van der Waals surface area (Å²) in [5.41, 5.74) is 4.81. The zero-order valence-electron chi connectivity index (χ0n) is 17.8. The Morgan fingerprint density at radius 2 is 1.74 bits per heavy atom. The van der Waals surface area contributed by atoms with Gasteiger partial charge in [0.2, 0.25) is 0 Å². The summed E-state index contributed by atoms with van der Waals surface area (Å²) in [5, 5.41) is 9.85. The molecule has 0 saturated heterocycles. The molecule has 0 aliphatic heterocycles. The summed E-state index contributed by atoms with van der Waals surface area (Å²) in [4.78, 5) is 16.3. The molecule has 0 unspecified atom stereocenters. The number of rotatable bonds is 8. The molecule has 0 radical (unpaired) electrons. The highest BCUT2D eigenvalue weighted by Crippen LogP contribution is 2.27. The van der Waals surface area contributed by atoms with E-state index >= 15 is 0 Å². The fourth-order valence-electron chi connectivity index (χ4n) is 3.53. The van der Waals surface area contributed by atoms with E-state index in [1.54, 1.807) is 11.3 Å². The Morgan fingerprint density at radius 1 is 1.00 bits per heavy atom. The van der Waals surface area contributed by atoms with E-state index in [9.17, 15) is 4.79 Å². The molecule has 2 heterocycles. The monoisotopic (exact) mass is 430 g/mol. The Hall–Kier alpha value is -3.22. The quantitative estimate of drug-likeness (QED) is 0.443. The van der Waals surface area contributed by atoms with Crippen LogP contribution in [0.5, 0.6) is 0 Å². The lowest BCUT2D eigenvalue weighted by Crippen LogP contribution is -2.24. The first kappa shape index (κ1) is 21.0. The molecule has 4 aromatic rings. The molecule has 5 nitrogen and oxygen atoms in total. The third-order valence-corrected chi connectivity index (χ3v) is 5.87. The number of hydrogen-bond donors (Lipinski definition) is 1. The van der Waals surface area contributed by atoms with Gasteiger partial charge in [0.05, 0.1) is 17.0 Å². The van der Waals surface area contributed by atoms with E-state index in [0.29, 0.717) is 18.7 Å². The first-order valence-electron chi connectivity index (χ1n) is 10.2. The minimum absolute atomic E-state index is 0.109. The molecule has 0 fully saturated rings. The summed E-state index contributed by atoms with van der Waals surface area (Å²) in [7, 11) is 4.09. The second-order valence-electron chi connectivity index (χ2n) is 7.74. The van der Waals surface area contributed by atoms with E-state index in [0.717, 1.165) is 28.2 Å². The van der Waals surface area contributed by atoms with Crippen molar-refractivity contribution in [3.63, 3.8) is 0 Å². The number of thiophene rings is 1. The van der Waals surface area contributed by atoms with Gasteiger partial charge >= 0.3 is 0 Å². The fraction of sp³-hybridized carbons (Fsp3) is 0.200. The van der Waals surface area contributed by atoms with Crippen molar-refractivity contribution in [1.82, 2.24) is 20.0 Å². The lowest BCUT2D eigenvalue weighted by atomic mass is 10.1. The van der Waals surface area contributed by atoms with Crippen LogP contribution < -0.4 is 5.32 Å². The lowest BCUT2D eigenvalue weighted by molar-refractivity contribution is 0.0951. The summed E-state index contributed by atoms with van der Waals surface area (Å²) >= 11 is 1.59. The maximum Gasteiger partial charge on any atom is 0.255 e. The van der Waals surface area contributed by atoms with Gasteiger partial charge in [-0.15, -0.1) is 11.3 Å². The van der Waals surface area contributed by atoms with Crippen molar-refractivity contribution < 1.29 is 4.79 Å². The average molecular weight is 431 g/mol. The van der Waals surface area contributed by atoms with Crippen LogP contribution in [0.2, 0.25) is 0 Å². The number of carbonyl (C=O) groups is 1. The molecule has 31 heavy (non-hydrogen) atoms. The number of nitrogens with one attached hydrogen (secondary N) is 1. The van der Waals surface area contributed by atoms with Crippen LogP contribution in [0.25, 0.3) is 10.6 Å². The molecule has 0 saturated carbocycles. The molecule has 2 aromatic carbocycles. The predicted molar refractivity (Wildman–Crippen MR) is 126 cm³/mol. The topological polar surface area (TPSA) is 50.2 Å². The molecular formula is C25H26N4OS. The molecular weight excluding hydrogens is 404 g/mol. The first-order valence-corrected chi connectivity index (χ1v) is 11.1. The number of benzene rings is 2. The van der Waals surface area contributed by atoms with Gasteiger partial charge in [0.15, 0.2) is 0 Å². The van der Waals surface area contributed by atoms with E-state index in [2.05, 4.69) is 34.5 Å². The van der Waals surface area contributed by atoms with Gasteiger partial charge in [-0.25, -0.2) is 0 Å². The molecule has 0 atom stereocenters. The third kappa shape index (κ3) is 5.29. The minimum Gasteiger partial charge on any atom is -0.348 e. The Balaban J connectivity index is 1.56. The van der Waals surface area contributed by atoms with Gasteiger partial charge in [-0.3, -0.25) is 9.48 Å². The summed E-state index contributed by atoms with van der Waals surface area (Å²) < 4.78 is 1.85. The van der Waals surface area contributed by atoms with Crippen LogP contribution >= 0.6 is 11.3 Å². The van der Waals surface area contributed by atoms with Crippen molar-refractivity contribution in [2.45, 2.75) is 19.6 Å². The van der Waals surface area contributed by atoms with Crippen molar-refractivity contribution in [3.8, 4) is 10.6 Å². The molecule has 1 amide bonds. The van der Waals surface area contributed by atoms with Crippen LogP contribution in [0.3, 0.4) is 0 Å². The van der Waals surface area contributed by atoms with Crippen molar-refractivity contribution in [3.05, 3.63) is 101 Å². The number of carbonyl (C=O) groups excluding carboxylic acids is 1. The van der Waals surface area contributed by atoms with Crippen LogP contribution in [0, 0.1) is 0 Å². The van der Waals surface area contributed by atoms with Crippen LogP contribution in [0.1, 0.15) is 27.0 Å². The normalized spacial score (nSPS) is 11.1. The highest BCUT2D eigenvalue weighted by atomic mass is 32.1. The van der Waals surface area contributed by atoms with Crippen LogP contribution in [0.15, 0.2) is 78.3 Å². The minimum atomic E-state index is -0.109. The smallest absolute Gasteiger partial charge is 0.255 e. The predicted octanol–water partition coefficient (Wildman–Crippen LogP) is 4.65. The van der Waals surface area contributed by atoms with Gasteiger partial charge < -0.3 is 10.2 Å². The number of amides is 1. The molecule has 6 heteroatoms. The molecule has 4 rings (SSSR count). The molecule has 0 spiro atoms. The molecule has 0 aliphatic rings. The second-order valence-corrected chi connectivity index (χ2v) is 8.69. The molecule has 0 aliphatic carbocycles. The van der Waals surface area contributed by atoms with E-state index in [1.165, 1.54) is 5.56 Å². The highest BCUT2D eigenvalue weighted by Gasteiger charge is 2.19. The Bertz CT molecular complexity index is 1130. The first-order chi connectivity index (χ1) is 15.1. The van der Waals surface area contributed by atoms with E-state index < -0.39 is 0 Å². The number of hydrogen-bond acceptors (Lipinski definition) is 4. The van der Waals surface area contributed by atoms with Gasteiger partial charge in [0.25, 0.3) is 5.91 Å². The highest BCUT2D eigenvalue weighted by molar-refractivity contribution is 7.13. The Labute approximate surface area is 187 Å². The second kappa shape index (κ2) is 9.73. The number of aromatic nitrogens is 2. The standard InChI is InChI=1S/C25H26N4OS/c1-28(2)17-21-12-7-6-11-20(21)15-26-25(30)22-18-29(16-19-9-4-3-5-10-19)27-24(22)23-13-8-14-31-23/h3-14,18H,15-17H2,1-2H3,(H,26,30). The zero-order chi connectivity index (χ0) is 21.6. The number of nitrogens with zero attached hydrogens (tertiary/aromatic N) is 3. The fourth-order valence-corrected chi connectivity index (χ4v) is 4.25. The van der Waals surface area contributed by atoms with Crippen molar-refractivity contribution in [1.29, 1.82) is 0 Å². The Morgan fingerprint density at radius 3 is 2.45 bits per heavy atom. The summed E-state index contributed by atoms with van der Waals surface area (Å²) in [6.07, 6.45) is 1.85. The zero-order valence-corrected chi connectivity index (χ0v) is 18.6. The largest absolute Gasteiger partial charge is 0.348 e. The van der Waals surface area contributed by atoms with Gasteiger partial charge in [0, 0.05) is 19.3 Å². The third-order valence-electron chi connectivity index (χ3n) is 4.99. The molecule has 1 N–H and O–H groups in total. The van der Waals surface area contributed by atoms with Crippen molar-refractivity contribution in [2.24, 2.45) is 0 Å². The summed E-state index contributed by atoms with van der Waals surface area (Å²) in [6, 6.07) is 22.4. The Kier molecular flexibility index (Phi) is 6.60. The van der Waals surface area contributed by atoms with Gasteiger partial charge in [-0.05, 0) is 42.2 Å². The summed E-state index contributed by atoms with van der Waals surface area (Å²) in [5.74, 6) is -0.109. The van der Waals surface area contributed by atoms with E-state index in [1.807, 2.05) is 72.8 Å². The van der Waals surface area contributed by atoms with E-state index in [4.69, 9.17) is 5.10 Å². The van der Waals surface area contributed by atoms with Gasteiger partial charge in [0.1, 0.15) is 5.69 Å². The molecule has 0 bridgehead atoms. The maximum atomic E-state index is 13.2. The van der Waals surface area contributed by atoms with Gasteiger partial charge in [-0.1, -0.05) is 60.7 Å². The average Bonchev–Trinajstić information content (AvgIpc) is 3.43. The van der Waals surface area contributed by atoms with Crippen LogP contribution in [-0.4, -0.2) is 34.7 Å². The van der Waals surface area contributed by atoms with Crippen molar-refractivity contribution in [2.75, 3.05) is 14.1 Å². The maximum absolute atomic E-state index is 13.2.